The van der Waals surface area contributed by atoms with Gasteiger partial charge < -0.3 is 54.1 Å². The quantitative estimate of drug-likeness (QED) is 0.241. The second-order valence-electron chi connectivity index (χ2n) is 7.57. The molecule has 0 amide bonds. The highest BCUT2D eigenvalue weighted by molar-refractivity contribution is 5.92. The van der Waals surface area contributed by atoms with Crippen LogP contribution >= 0.6 is 0 Å². The smallest absolute Gasteiger partial charge is 0.229 e. The highest BCUT2D eigenvalue weighted by atomic mass is 127. The van der Waals surface area contributed by atoms with E-state index in [9.17, 15) is 5.11 Å². The van der Waals surface area contributed by atoms with Gasteiger partial charge in [0, 0.05) is 17.1 Å². The second kappa shape index (κ2) is 8.87. The van der Waals surface area contributed by atoms with Crippen molar-refractivity contribution in [2.75, 3.05) is 46.4 Å². The summed E-state index contributed by atoms with van der Waals surface area (Å²) in [6.45, 7) is 0.680. The maximum atomic E-state index is 10.1. The predicted octanol–water partition coefficient (Wildman–Crippen LogP) is -0.111. The van der Waals surface area contributed by atoms with Crippen LogP contribution in [0.1, 0.15) is 5.56 Å². The fourth-order valence-electron chi connectivity index (χ4n) is 2.97. The van der Waals surface area contributed by atoms with Gasteiger partial charge in [-0.2, -0.15) is 4.98 Å². The normalized spacial score (nSPS) is 11.1. The van der Waals surface area contributed by atoms with Gasteiger partial charge in [0.05, 0.1) is 46.4 Å². The van der Waals surface area contributed by atoms with E-state index in [0.29, 0.717) is 45.2 Å². The Morgan fingerprint density at radius 3 is 2.31 bits per heavy atom. The fourth-order valence-corrected chi connectivity index (χ4v) is 2.97. The summed E-state index contributed by atoms with van der Waals surface area (Å²) in [7, 11) is 9.32. The molecule has 156 valence electrons. The number of aromatic nitrogens is 2. The molecule has 0 unspecified atom stereocenters. The van der Waals surface area contributed by atoms with E-state index in [1.54, 1.807) is 38.5 Å². The summed E-state index contributed by atoms with van der Waals surface area (Å²) in [6.07, 6.45) is 0. The van der Waals surface area contributed by atoms with Crippen LogP contribution in [0, 0.1) is 0 Å². The van der Waals surface area contributed by atoms with E-state index in [1.807, 2.05) is 6.07 Å². The summed E-state index contributed by atoms with van der Waals surface area (Å²) >= 11 is 0. The summed E-state index contributed by atoms with van der Waals surface area (Å²) in [5.41, 5.74) is 8.37. The van der Waals surface area contributed by atoms with Gasteiger partial charge in [-0.25, -0.2) is 4.98 Å². The lowest BCUT2D eigenvalue weighted by atomic mass is 10.1. The van der Waals surface area contributed by atoms with E-state index >= 15 is 0 Å². The Kier molecular flexibility index (Phi) is 6.96. The molecule has 3 rings (SSSR count). The standard InChI is InChI=1S/C20H25N5O3.HI/c1-25(2,3)11-12-8-13(6-7-16(12)26)22-20-23-15-10-18(28-5)17(27-4)9-14(15)19(21)24-20;/h6-10H,11H2,1-5H3,(H3-,21,22,23,24,26);1H. The summed E-state index contributed by atoms with van der Waals surface area (Å²) < 4.78 is 11.3. The number of phenols is 1. The van der Waals surface area contributed by atoms with E-state index < -0.39 is 0 Å². The van der Waals surface area contributed by atoms with Gasteiger partial charge in [-0.15, -0.1) is 0 Å². The van der Waals surface area contributed by atoms with Crippen molar-refractivity contribution in [1.29, 1.82) is 0 Å². The molecule has 0 saturated carbocycles. The number of halogens is 1. The third-order valence-corrected chi connectivity index (χ3v) is 4.21. The minimum absolute atomic E-state index is 0. The molecule has 1 heterocycles. The van der Waals surface area contributed by atoms with Gasteiger partial charge >= 0.3 is 0 Å². The lowest BCUT2D eigenvalue weighted by molar-refractivity contribution is -0.884. The van der Waals surface area contributed by atoms with Crippen LogP contribution in [-0.2, 0) is 6.54 Å². The summed E-state index contributed by atoms with van der Waals surface area (Å²) in [4.78, 5) is 8.88. The number of hydrogen-bond acceptors (Lipinski definition) is 7. The molecule has 3 aromatic rings. The predicted molar refractivity (Wildman–Crippen MR) is 110 cm³/mol. The summed E-state index contributed by atoms with van der Waals surface area (Å²) in [6, 6.07) is 8.83. The molecule has 0 aliphatic heterocycles. The highest BCUT2D eigenvalue weighted by Crippen LogP contribution is 2.34. The number of quaternary nitrogens is 1. The van der Waals surface area contributed by atoms with E-state index in [0.717, 1.165) is 11.3 Å². The summed E-state index contributed by atoms with van der Waals surface area (Å²) in [5.74, 6) is 2.08. The van der Waals surface area contributed by atoms with Crippen LogP contribution < -0.4 is 44.5 Å². The first-order valence-corrected chi connectivity index (χ1v) is 8.79. The number of anilines is 3. The number of rotatable bonds is 6. The first kappa shape index (κ1) is 22.8. The number of fused-ring (bicyclic) bond motifs is 1. The number of hydrogen-bond donors (Lipinski definition) is 3. The van der Waals surface area contributed by atoms with Crippen molar-refractivity contribution >= 4 is 28.4 Å². The second-order valence-corrected chi connectivity index (χ2v) is 7.57. The van der Waals surface area contributed by atoms with Crippen LogP contribution in [0.25, 0.3) is 10.9 Å². The van der Waals surface area contributed by atoms with Gasteiger partial charge in [-0.3, -0.25) is 0 Å². The Hall–Kier alpha value is -2.53. The molecular formula is C20H26IN5O3. The largest absolute Gasteiger partial charge is 1.00 e. The molecule has 0 radical (unpaired) electrons. The number of benzene rings is 2. The number of ether oxygens (including phenoxy) is 2. The number of aromatic hydroxyl groups is 1. The van der Waals surface area contributed by atoms with Gasteiger partial charge in [0.25, 0.3) is 0 Å². The topological polar surface area (TPSA) is 103 Å². The van der Waals surface area contributed by atoms with Crippen molar-refractivity contribution in [2.24, 2.45) is 0 Å². The van der Waals surface area contributed by atoms with E-state index in [-0.39, 0.29) is 29.7 Å². The van der Waals surface area contributed by atoms with Crippen LogP contribution in [0.4, 0.5) is 17.5 Å². The molecule has 29 heavy (non-hydrogen) atoms. The zero-order chi connectivity index (χ0) is 20.5. The number of methoxy groups -OCH3 is 2. The minimum Gasteiger partial charge on any atom is -1.00 e. The Balaban J connectivity index is 0.00000300. The Morgan fingerprint density at radius 2 is 1.69 bits per heavy atom. The highest BCUT2D eigenvalue weighted by Gasteiger charge is 2.15. The number of nitrogens with zero attached hydrogens (tertiary/aromatic N) is 3. The molecule has 2 aromatic carbocycles. The van der Waals surface area contributed by atoms with Crippen molar-refractivity contribution in [3.8, 4) is 17.2 Å². The minimum atomic E-state index is 0. The van der Waals surface area contributed by atoms with Crippen molar-refractivity contribution < 1.29 is 43.0 Å². The van der Waals surface area contributed by atoms with Crippen LogP contribution in [0.2, 0.25) is 0 Å². The van der Waals surface area contributed by atoms with Gasteiger partial charge in [0.1, 0.15) is 18.1 Å². The number of nitrogens with one attached hydrogen (secondary N) is 1. The molecule has 0 atom stereocenters. The molecule has 4 N–H and O–H groups in total. The SMILES string of the molecule is COc1cc2nc(Nc3ccc(O)c(C[N+](C)(C)C)c3)nc(N)c2cc1OC.[I-]. The molecule has 0 fully saturated rings. The lowest BCUT2D eigenvalue weighted by Gasteiger charge is -2.24. The van der Waals surface area contributed by atoms with Gasteiger partial charge in [-0.05, 0) is 24.3 Å². The number of nitrogen functional groups attached to an aromatic ring is 1. The van der Waals surface area contributed by atoms with Crippen LogP contribution in [0.15, 0.2) is 30.3 Å². The molecular weight excluding hydrogens is 485 g/mol. The maximum Gasteiger partial charge on any atom is 0.229 e. The van der Waals surface area contributed by atoms with E-state index in [2.05, 4.69) is 36.4 Å². The van der Waals surface area contributed by atoms with Gasteiger partial charge in [0.15, 0.2) is 11.5 Å². The first-order chi connectivity index (χ1) is 13.2. The fraction of sp³-hybridized carbons (Fsp3) is 0.300. The van der Waals surface area contributed by atoms with Crippen molar-refractivity contribution in [3.63, 3.8) is 0 Å². The third kappa shape index (κ3) is 5.30. The molecule has 0 aliphatic carbocycles. The van der Waals surface area contributed by atoms with Crippen molar-refractivity contribution in [2.45, 2.75) is 6.54 Å². The maximum absolute atomic E-state index is 10.1. The summed E-state index contributed by atoms with van der Waals surface area (Å²) in [5, 5.41) is 14.0. The lowest BCUT2D eigenvalue weighted by Crippen LogP contribution is -3.00. The average Bonchev–Trinajstić information content (AvgIpc) is 2.62. The Morgan fingerprint density at radius 1 is 1.03 bits per heavy atom. The van der Waals surface area contributed by atoms with E-state index in [1.165, 1.54) is 0 Å². The van der Waals surface area contributed by atoms with Gasteiger partial charge in [0.2, 0.25) is 5.95 Å². The molecule has 8 nitrogen and oxygen atoms in total. The molecule has 0 aliphatic rings. The molecule has 0 bridgehead atoms. The van der Waals surface area contributed by atoms with E-state index in [4.69, 9.17) is 15.2 Å². The molecule has 0 saturated heterocycles. The number of nitrogens with two attached hydrogens (primary N) is 1. The third-order valence-electron chi connectivity index (χ3n) is 4.21. The number of phenolic OH excluding ortho intramolecular Hbond substituents is 1. The average molecular weight is 511 g/mol. The van der Waals surface area contributed by atoms with Crippen LogP contribution in [0.5, 0.6) is 17.2 Å². The van der Waals surface area contributed by atoms with Crippen LogP contribution in [-0.4, -0.2) is 54.9 Å². The zero-order valence-electron chi connectivity index (χ0n) is 17.2. The Labute approximate surface area is 187 Å². The van der Waals surface area contributed by atoms with Crippen molar-refractivity contribution in [3.05, 3.63) is 35.9 Å². The molecule has 9 heteroatoms. The molecule has 0 spiro atoms. The Bertz CT molecular complexity index is 1020. The van der Waals surface area contributed by atoms with Crippen molar-refractivity contribution in [1.82, 2.24) is 9.97 Å². The van der Waals surface area contributed by atoms with Gasteiger partial charge in [-0.1, -0.05) is 0 Å². The van der Waals surface area contributed by atoms with Crippen LogP contribution in [0.3, 0.4) is 0 Å². The monoisotopic (exact) mass is 511 g/mol. The zero-order valence-corrected chi connectivity index (χ0v) is 19.3. The molecule has 1 aromatic heterocycles. The first-order valence-electron chi connectivity index (χ1n) is 8.79.